The van der Waals surface area contributed by atoms with Crippen LogP contribution in [0.3, 0.4) is 0 Å². The lowest BCUT2D eigenvalue weighted by atomic mass is 10.1. The first-order valence-electron chi connectivity index (χ1n) is 8.27. The van der Waals surface area contributed by atoms with Gasteiger partial charge < -0.3 is 5.32 Å². The van der Waals surface area contributed by atoms with Crippen LogP contribution >= 0.6 is 11.6 Å². The number of benzene rings is 3. The fourth-order valence-corrected chi connectivity index (χ4v) is 3.81. The number of carbonyl (C=O) groups is 1. The van der Waals surface area contributed by atoms with Crippen LogP contribution in [0.2, 0.25) is 5.02 Å². The molecule has 0 atom stereocenters. The van der Waals surface area contributed by atoms with Crippen molar-refractivity contribution in [3.8, 4) is 0 Å². The molecule has 1 amide bonds. The zero-order chi connectivity index (χ0) is 19.6. The van der Waals surface area contributed by atoms with E-state index in [1.807, 2.05) is 43.3 Å². The van der Waals surface area contributed by atoms with E-state index in [-0.39, 0.29) is 6.54 Å². The molecule has 0 spiro atoms. The van der Waals surface area contributed by atoms with Crippen LogP contribution < -0.4 is 9.62 Å². The molecule has 3 aromatic rings. The van der Waals surface area contributed by atoms with Crippen LogP contribution in [0.4, 0.5) is 11.4 Å². The van der Waals surface area contributed by atoms with E-state index >= 15 is 0 Å². The van der Waals surface area contributed by atoms with Crippen LogP contribution in [0, 0.1) is 6.92 Å². The molecule has 140 valence electrons. The van der Waals surface area contributed by atoms with Crippen molar-refractivity contribution in [2.45, 2.75) is 6.92 Å². The predicted octanol–water partition coefficient (Wildman–Crippen LogP) is 4.21. The zero-order valence-corrected chi connectivity index (χ0v) is 16.5. The summed E-state index contributed by atoms with van der Waals surface area (Å²) in [5.74, 6) is -0.437. The van der Waals surface area contributed by atoms with Gasteiger partial charge in [0.25, 0.3) is 0 Å². The Balaban J connectivity index is 1.88. The van der Waals surface area contributed by atoms with Crippen LogP contribution in [0.15, 0.2) is 60.7 Å². The summed E-state index contributed by atoms with van der Waals surface area (Å²) in [6.45, 7) is 1.48. The van der Waals surface area contributed by atoms with E-state index < -0.39 is 15.9 Å². The maximum absolute atomic E-state index is 12.6. The molecule has 0 saturated carbocycles. The highest BCUT2D eigenvalue weighted by Crippen LogP contribution is 2.26. The Bertz CT molecular complexity index is 1110. The number of carbonyl (C=O) groups excluding carboxylic acids is 1. The van der Waals surface area contributed by atoms with E-state index in [2.05, 4.69) is 5.32 Å². The van der Waals surface area contributed by atoms with Crippen LogP contribution in [-0.2, 0) is 14.8 Å². The fraction of sp³-hybridized carbons (Fsp3) is 0.150. The lowest BCUT2D eigenvalue weighted by molar-refractivity contribution is -0.114. The maximum Gasteiger partial charge on any atom is 0.245 e. The van der Waals surface area contributed by atoms with Crippen molar-refractivity contribution in [2.24, 2.45) is 0 Å². The zero-order valence-electron chi connectivity index (χ0n) is 14.9. The summed E-state index contributed by atoms with van der Waals surface area (Å²) in [7, 11) is -3.66. The predicted molar refractivity (Wildman–Crippen MR) is 111 cm³/mol. The van der Waals surface area contributed by atoms with E-state index in [0.717, 1.165) is 26.9 Å². The third kappa shape index (κ3) is 4.40. The molecule has 0 aromatic heterocycles. The molecule has 0 aliphatic carbocycles. The second-order valence-electron chi connectivity index (χ2n) is 6.28. The van der Waals surface area contributed by atoms with Gasteiger partial charge in [-0.3, -0.25) is 9.10 Å². The van der Waals surface area contributed by atoms with E-state index in [9.17, 15) is 13.2 Å². The first-order chi connectivity index (χ1) is 12.8. The van der Waals surface area contributed by atoms with Crippen molar-refractivity contribution in [2.75, 3.05) is 22.4 Å². The minimum atomic E-state index is -3.66. The van der Waals surface area contributed by atoms with Crippen molar-refractivity contribution in [1.82, 2.24) is 0 Å². The lowest BCUT2D eigenvalue weighted by Gasteiger charge is -2.22. The first kappa shape index (κ1) is 19.2. The van der Waals surface area contributed by atoms with Crippen LogP contribution in [-0.4, -0.2) is 27.1 Å². The molecule has 0 fully saturated rings. The molecule has 1 N–H and O–H groups in total. The minimum absolute atomic E-state index is 0.346. The number of sulfonamides is 1. The molecular weight excluding hydrogens is 384 g/mol. The van der Waals surface area contributed by atoms with Crippen LogP contribution in [0.1, 0.15) is 5.56 Å². The molecule has 0 radical (unpaired) electrons. The average Bonchev–Trinajstić information content (AvgIpc) is 2.61. The molecule has 0 unspecified atom stereocenters. The molecule has 0 heterocycles. The number of anilines is 2. The molecular formula is C20H19ClN2O3S. The lowest BCUT2D eigenvalue weighted by Crippen LogP contribution is -2.37. The number of hydrogen-bond acceptors (Lipinski definition) is 3. The summed E-state index contributed by atoms with van der Waals surface area (Å²) in [6.07, 6.45) is 1.06. The Morgan fingerprint density at radius 3 is 2.48 bits per heavy atom. The maximum atomic E-state index is 12.6. The van der Waals surface area contributed by atoms with Crippen molar-refractivity contribution in [3.63, 3.8) is 0 Å². The smallest absolute Gasteiger partial charge is 0.245 e. The number of amides is 1. The first-order valence-corrected chi connectivity index (χ1v) is 10.5. The third-order valence-corrected chi connectivity index (χ3v) is 5.74. The topological polar surface area (TPSA) is 66.5 Å². The quantitative estimate of drug-likeness (QED) is 0.695. The van der Waals surface area contributed by atoms with Crippen LogP contribution in [0.5, 0.6) is 0 Å². The van der Waals surface area contributed by atoms with E-state index in [0.29, 0.717) is 16.4 Å². The second kappa shape index (κ2) is 7.58. The van der Waals surface area contributed by atoms with Gasteiger partial charge in [-0.15, -0.1) is 0 Å². The molecule has 5 nitrogen and oxygen atoms in total. The highest BCUT2D eigenvalue weighted by atomic mass is 35.5. The SMILES string of the molecule is Cc1ccc(N(CC(=O)Nc2cccc3ccccc23)S(C)(=O)=O)cc1Cl. The molecule has 0 aliphatic rings. The van der Waals surface area contributed by atoms with Gasteiger partial charge in [0.05, 0.1) is 11.9 Å². The van der Waals surface area contributed by atoms with Gasteiger partial charge in [-0.2, -0.15) is 0 Å². The summed E-state index contributed by atoms with van der Waals surface area (Å²) in [6, 6.07) is 18.1. The monoisotopic (exact) mass is 402 g/mol. The molecule has 0 aliphatic heterocycles. The third-order valence-electron chi connectivity index (χ3n) is 4.19. The molecule has 3 rings (SSSR count). The Morgan fingerprint density at radius 1 is 1.07 bits per heavy atom. The highest BCUT2D eigenvalue weighted by molar-refractivity contribution is 7.92. The Labute approximate surface area is 163 Å². The fourth-order valence-electron chi connectivity index (χ4n) is 2.79. The largest absolute Gasteiger partial charge is 0.324 e. The molecule has 0 bridgehead atoms. The van der Waals surface area contributed by atoms with Gasteiger partial charge >= 0.3 is 0 Å². The van der Waals surface area contributed by atoms with E-state index in [1.165, 1.54) is 0 Å². The average molecular weight is 403 g/mol. The standard InChI is InChI=1S/C20H19ClN2O3S/c1-14-10-11-16(12-18(14)21)23(27(2,25)26)13-20(24)22-19-9-5-7-15-6-3-4-8-17(15)19/h3-12H,13H2,1-2H3,(H,22,24). The van der Waals surface area contributed by atoms with Gasteiger partial charge in [-0.1, -0.05) is 54.1 Å². The molecule has 7 heteroatoms. The van der Waals surface area contributed by atoms with Gasteiger partial charge in [0.15, 0.2) is 0 Å². The number of nitrogens with one attached hydrogen (secondary N) is 1. The Morgan fingerprint density at radius 2 is 1.78 bits per heavy atom. The number of aryl methyl sites for hydroxylation is 1. The normalized spacial score (nSPS) is 11.4. The second-order valence-corrected chi connectivity index (χ2v) is 8.59. The highest BCUT2D eigenvalue weighted by Gasteiger charge is 2.21. The molecule has 0 saturated heterocycles. The summed E-state index contributed by atoms with van der Waals surface area (Å²) < 4.78 is 25.5. The van der Waals surface area contributed by atoms with Crippen molar-refractivity contribution < 1.29 is 13.2 Å². The van der Waals surface area contributed by atoms with E-state index in [1.54, 1.807) is 24.3 Å². The van der Waals surface area contributed by atoms with Crippen molar-refractivity contribution >= 4 is 49.7 Å². The Hall–Kier alpha value is -2.57. The molecule has 3 aromatic carbocycles. The van der Waals surface area contributed by atoms with Crippen molar-refractivity contribution in [1.29, 1.82) is 0 Å². The summed E-state index contributed by atoms with van der Waals surface area (Å²) in [5.41, 5.74) is 1.81. The van der Waals surface area contributed by atoms with Crippen molar-refractivity contribution in [3.05, 3.63) is 71.2 Å². The minimum Gasteiger partial charge on any atom is -0.324 e. The van der Waals surface area contributed by atoms with Gasteiger partial charge in [-0.25, -0.2) is 8.42 Å². The van der Waals surface area contributed by atoms with Gasteiger partial charge in [-0.05, 0) is 36.1 Å². The number of rotatable bonds is 5. The number of halogens is 1. The molecule has 27 heavy (non-hydrogen) atoms. The van der Waals surface area contributed by atoms with Crippen LogP contribution in [0.25, 0.3) is 10.8 Å². The Kier molecular flexibility index (Phi) is 5.39. The van der Waals surface area contributed by atoms with E-state index in [4.69, 9.17) is 11.6 Å². The number of fused-ring (bicyclic) bond motifs is 1. The van der Waals surface area contributed by atoms with Gasteiger partial charge in [0, 0.05) is 16.1 Å². The van der Waals surface area contributed by atoms with Gasteiger partial charge in [0.1, 0.15) is 6.54 Å². The summed E-state index contributed by atoms with van der Waals surface area (Å²) in [4.78, 5) is 12.6. The summed E-state index contributed by atoms with van der Waals surface area (Å²) in [5, 5.41) is 5.12. The number of hydrogen-bond donors (Lipinski definition) is 1. The number of nitrogens with zero attached hydrogens (tertiary/aromatic N) is 1. The summed E-state index contributed by atoms with van der Waals surface area (Å²) >= 11 is 6.12. The van der Waals surface area contributed by atoms with Gasteiger partial charge in [0.2, 0.25) is 15.9 Å².